The number of hydrogen-bond donors (Lipinski definition) is 1. The van der Waals surface area contributed by atoms with E-state index in [4.69, 9.17) is 0 Å². The van der Waals surface area contributed by atoms with Crippen LogP contribution in [0.3, 0.4) is 0 Å². The van der Waals surface area contributed by atoms with Gasteiger partial charge in [0.2, 0.25) is 0 Å². The molecule has 1 aliphatic heterocycles. The number of piperidine rings is 1. The van der Waals surface area contributed by atoms with Gasteiger partial charge >= 0.3 is 0 Å². The van der Waals surface area contributed by atoms with Gasteiger partial charge in [0.25, 0.3) is 0 Å². The van der Waals surface area contributed by atoms with E-state index in [1.807, 2.05) is 11.3 Å². The van der Waals surface area contributed by atoms with Crippen LogP contribution in [0.5, 0.6) is 0 Å². The van der Waals surface area contributed by atoms with E-state index in [1.165, 1.54) is 55.8 Å². The number of aryl methyl sites for hydroxylation is 1. The first-order valence-corrected chi connectivity index (χ1v) is 8.61. The summed E-state index contributed by atoms with van der Waals surface area (Å²) < 4.78 is 0. The largest absolute Gasteiger partial charge is 0.307 e. The maximum absolute atomic E-state index is 3.82. The van der Waals surface area contributed by atoms with Crippen LogP contribution in [0.2, 0.25) is 0 Å². The Morgan fingerprint density at radius 3 is 2.74 bits per heavy atom. The van der Waals surface area contributed by atoms with E-state index >= 15 is 0 Å². The Morgan fingerprint density at radius 2 is 2.16 bits per heavy atom. The number of nitrogens with one attached hydrogen (secondary N) is 1. The van der Waals surface area contributed by atoms with Crippen LogP contribution in [0, 0.1) is 6.92 Å². The summed E-state index contributed by atoms with van der Waals surface area (Å²) in [6.45, 7) is 10.6. The monoisotopic (exact) mass is 280 g/mol. The van der Waals surface area contributed by atoms with E-state index in [1.54, 1.807) is 0 Å². The number of nitrogens with zero attached hydrogens (tertiary/aromatic N) is 1. The standard InChI is InChI=1S/C16H28N2S/c1-4-5-9-18-10-6-15(7-11-18)17-14(3)16-13(2)8-12-19-16/h8,12,14-15,17H,4-7,9-11H2,1-3H3. The molecule has 0 saturated carbocycles. The summed E-state index contributed by atoms with van der Waals surface area (Å²) in [5.41, 5.74) is 1.44. The highest BCUT2D eigenvalue weighted by Crippen LogP contribution is 2.25. The molecule has 1 aromatic heterocycles. The number of rotatable bonds is 6. The van der Waals surface area contributed by atoms with Gasteiger partial charge in [0, 0.05) is 17.0 Å². The zero-order chi connectivity index (χ0) is 13.7. The zero-order valence-electron chi connectivity index (χ0n) is 12.6. The molecular weight excluding hydrogens is 252 g/mol. The third-order valence-corrected chi connectivity index (χ3v) is 5.40. The summed E-state index contributed by atoms with van der Waals surface area (Å²) in [4.78, 5) is 4.14. The molecule has 1 fully saturated rings. The van der Waals surface area contributed by atoms with Crippen LogP contribution < -0.4 is 5.32 Å². The molecule has 19 heavy (non-hydrogen) atoms. The van der Waals surface area contributed by atoms with Gasteiger partial charge in [0.1, 0.15) is 0 Å². The lowest BCUT2D eigenvalue weighted by atomic mass is 10.0. The van der Waals surface area contributed by atoms with Crippen molar-refractivity contribution in [3.05, 3.63) is 21.9 Å². The first kappa shape index (κ1) is 15.0. The Hall–Kier alpha value is -0.380. The van der Waals surface area contributed by atoms with Crippen molar-refractivity contribution in [1.82, 2.24) is 10.2 Å². The molecule has 0 bridgehead atoms. The molecule has 2 nitrogen and oxygen atoms in total. The van der Waals surface area contributed by atoms with E-state index in [0.717, 1.165) is 0 Å². The number of unbranched alkanes of at least 4 members (excludes halogenated alkanes) is 1. The third-order valence-electron chi connectivity index (χ3n) is 4.20. The molecule has 0 spiro atoms. The van der Waals surface area contributed by atoms with Gasteiger partial charge in [0.05, 0.1) is 0 Å². The van der Waals surface area contributed by atoms with Crippen molar-refractivity contribution in [3.63, 3.8) is 0 Å². The lowest BCUT2D eigenvalue weighted by Gasteiger charge is -2.33. The van der Waals surface area contributed by atoms with Gasteiger partial charge in [-0.1, -0.05) is 13.3 Å². The highest BCUT2D eigenvalue weighted by molar-refractivity contribution is 7.10. The summed E-state index contributed by atoms with van der Waals surface area (Å²) in [6, 6.07) is 3.44. The van der Waals surface area contributed by atoms with E-state index < -0.39 is 0 Å². The number of hydrogen-bond acceptors (Lipinski definition) is 3. The highest BCUT2D eigenvalue weighted by Gasteiger charge is 2.21. The van der Waals surface area contributed by atoms with Gasteiger partial charge in [-0.25, -0.2) is 0 Å². The van der Waals surface area contributed by atoms with Crippen LogP contribution in [0.4, 0.5) is 0 Å². The predicted molar refractivity (Wildman–Crippen MR) is 85.0 cm³/mol. The molecular formula is C16H28N2S. The lowest BCUT2D eigenvalue weighted by Crippen LogP contribution is -2.43. The van der Waals surface area contributed by atoms with E-state index in [9.17, 15) is 0 Å². The molecule has 108 valence electrons. The highest BCUT2D eigenvalue weighted by atomic mass is 32.1. The van der Waals surface area contributed by atoms with Gasteiger partial charge in [-0.3, -0.25) is 0 Å². The van der Waals surface area contributed by atoms with Crippen LogP contribution in [0.25, 0.3) is 0 Å². The normalized spacial score (nSPS) is 19.7. The van der Waals surface area contributed by atoms with Crippen LogP contribution >= 0.6 is 11.3 Å². The van der Waals surface area contributed by atoms with Crippen molar-refractivity contribution in [2.45, 2.75) is 58.5 Å². The summed E-state index contributed by atoms with van der Waals surface area (Å²) in [5.74, 6) is 0. The lowest BCUT2D eigenvalue weighted by molar-refractivity contribution is 0.190. The molecule has 1 atom stereocenters. The van der Waals surface area contributed by atoms with Crippen molar-refractivity contribution in [2.24, 2.45) is 0 Å². The Balaban J connectivity index is 1.75. The fourth-order valence-electron chi connectivity index (χ4n) is 2.96. The molecule has 3 heteroatoms. The first-order chi connectivity index (χ1) is 9.20. The third kappa shape index (κ3) is 4.30. The molecule has 1 aromatic rings. The second-order valence-corrected chi connectivity index (χ2v) is 6.77. The Bertz CT molecular complexity index is 367. The molecule has 1 saturated heterocycles. The van der Waals surface area contributed by atoms with Gasteiger partial charge < -0.3 is 10.2 Å². The molecule has 1 unspecified atom stereocenters. The van der Waals surface area contributed by atoms with Crippen LogP contribution in [-0.2, 0) is 0 Å². The minimum Gasteiger partial charge on any atom is -0.307 e. The van der Waals surface area contributed by atoms with Crippen molar-refractivity contribution >= 4 is 11.3 Å². The molecule has 0 radical (unpaired) electrons. The number of thiophene rings is 1. The van der Waals surface area contributed by atoms with E-state index in [0.29, 0.717) is 12.1 Å². The fraction of sp³-hybridized carbons (Fsp3) is 0.750. The van der Waals surface area contributed by atoms with Crippen molar-refractivity contribution in [3.8, 4) is 0 Å². The molecule has 0 aliphatic carbocycles. The first-order valence-electron chi connectivity index (χ1n) is 7.73. The summed E-state index contributed by atoms with van der Waals surface area (Å²) >= 11 is 1.88. The smallest absolute Gasteiger partial charge is 0.0390 e. The zero-order valence-corrected chi connectivity index (χ0v) is 13.4. The molecule has 2 rings (SSSR count). The second kappa shape index (κ2) is 7.41. The summed E-state index contributed by atoms with van der Waals surface area (Å²) in [7, 11) is 0. The van der Waals surface area contributed by atoms with Gasteiger partial charge in [-0.2, -0.15) is 0 Å². The minimum absolute atomic E-state index is 0.507. The predicted octanol–water partition coefficient (Wildman–Crippen LogP) is 3.97. The number of likely N-dealkylation sites (tertiary alicyclic amines) is 1. The quantitative estimate of drug-likeness (QED) is 0.848. The second-order valence-electron chi connectivity index (χ2n) is 5.83. The minimum atomic E-state index is 0.507. The van der Waals surface area contributed by atoms with Gasteiger partial charge in [-0.15, -0.1) is 11.3 Å². The van der Waals surface area contributed by atoms with Crippen LogP contribution in [-0.4, -0.2) is 30.6 Å². The maximum atomic E-state index is 3.82. The average molecular weight is 280 g/mol. The summed E-state index contributed by atoms with van der Waals surface area (Å²) in [5, 5.41) is 6.03. The topological polar surface area (TPSA) is 15.3 Å². The Kier molecular flexibility index (Phi) is 5.86. The Labute approximate surface area is 122 Å². The van der Waals surface area contributed by atoms with Crippen LogP contribution in [0.15, 0.2) is 11.4 Å². The molecule has 2 heterocycles. The molecule has 1 aliphatic rings. The van der Waals surface area contributed by atoms with Crippen molar-refractivity contribution in [1.29, 1.82) is 0 Å². The van der Waals surface area contributed by atoms with Gasteiger partial charge in [0.15, 0.2) is 0 Å². The van der Waals surface area contributed by atoms with Crippen molar-refractivity contribution < 1.29 is 0 Å². The SMILES string of the molecule is CCCCN1CCC(NC(C)c2sccc2C)CC1. The van der Waals surface area contributed by atoms with E-state index in [2.05, 4.69) is 42.4 Å². The summed E-state index contributed by atoms with van der Waals surface area (Å²) in [6.07, 6.45) is 5.27. The van der Waals surface area contributed by atoms with Gasteiger partial charge in [-0.05, 0) is 69.8 Å². The fourth-order valence-corrected chi connectivity index (χ4v) is 3.91. The maximum Gasteiger partial charge on any atom is 0.0390 e. The molecule has 0 amide bonds. The van der Waals surface area contributed by atoms with Crippen LogP contribution in [0.1, 0.15) is 56.0 Å². The van der Waals surface area contributed by atoms with Crippen molar-refractivity contribution in [2.75, 3.05) is 19.6 Å². The molecule has 1 N–H and O–H groups in total. The average Bonchev–Trinajstić information content (AvgIpc) is 2.84. The van der Waals surface area contributed by atoms with E-state index in [-0.39, 0.29) is 0 Å². The Morgan fingerprint density at radius 1 is 1.42 bits per heavy atom. The molecule has 0 aromatic carbocycles.